The van der Waals surface area contributed by atoms with E-state index < -0.39 is 26.5 Å². The van der Waals surface area contributed by atoms with Crippen LogP contribution in [0.4, 0.5) is 13.2 Å². The minimum Gasteiger partial charge on any atom is -0.409 e. The fourth-order valence-electron chi connectivity index (χ4n) is 2.61. The fraction of sp³-hybridized carbons (Fsp3) is 0.562. The second kappa shape index (κ2) is 7.05. The van der Waals surface area contributed by atoms with Gasteiger partial charge in [0.25, 0.3) is 0 Å². The first-order valence-corrected chi connectivity index (χ1v) is 10.8. The Labute approximate surface area is 136 Å². The zero-order valence-electron chi connectivity index (χ0n) is 14.4. The SMILES string of the molecule is Cc1cc(C)c([C@H](CNC(=O)C(F)(F)F)O[Si](C)(C)C)c(C)c1. The number of carbonyl (C=O) groups excluding carboxylic acids is 1. The summed E-state index contributed by atoms with van der Waals surface area (Å²) < 4.78 is 43.3. The van der Waals surface area contributed by atoms with Crippen molar-refractivity contribution in [2.75, 3.05) is 6.54 Å². The number of nitrogens with one attached hydrogen (secondary N) is 1. The Kier molecular flexibility index (Phi) is 6.04. The van der Waals surface area contributed by atoms with Crippen LogP contribution >= 0.6 is 0 Å². The van der Waals surface area contributed by atoms with Crippen LogP contribution in [0.3, 0.4) is 0 Å². The van der Waals surface area contributed by atoms with Gasteiger partial charge >= 0.3 is 12.1 Å². The monoisotopic (exact) mass is 347 g/mol. The van der Waals surface area contributed by atoms with Crippen LogP contribution in [0.5, 0.6) is 0 Å². The van der Waals surface area contributed by atoms with E-state index in [0.29, 0.717) is 0 Å². The van der Waals surface area contributed by atoms with E-state index >= 15 is 0 Å². The summed E-state index contributed by atoms with van der Waals surface area (Å²) in [5.74, 6) is -1.94. The molecule has 0 aromatic heterocycles. The Hall–Kier alpha value is -1.34. The fourth-order valence-corrected chi connectivity index (χ4v) is 3.67. The highest BCUT2D eigenvalue weighted by Gasteiger charge is 2.39. The third-order valence-corrected chi connectivity index (χ3v) is 4.25. The number of halogens is 3. The maximum absolute atomic E-state index is 12.4. The lowest BCUT2D eigenvalue weighted by Gasteiger charge is -2.29. The highest BCUT2D eigenvalue weighted by Crippen LogP contribution is 2.29. The van der Waals surface area contributed by atoms with Gasteiger partial charge in [0.05, 0.1) is 6.10 Å². The van der Waals surface area contributed by atoms with E-state index in [2.05, 4.69) is 0 Å². The molecule has 1 atom stereocenters. The van der Waals surface area contributed by atoms with Gasteiger partial charge in [-0.25, -0.2) is 0 Å². The smallest absolute Gasteiger partial charge is 0.409 e. The Morgan fingerprint density at radius 3 is 2.04 bits per heavy atom. The van der Waals surface area contributed by atoms with Crippen molar-refractivity contribution in [3.63, 3.8) is 0 Å². The molecule has 3 nitrogen and oxygen atoms in total. The van der Waals surface area contributed by atoms with Crippen LogP contribution < -0.4 is 5.32 Å². The van der Waals surface area contributed by atoms with Crippen LogP contribution in [0, 0.1) is 20.8 Å². The third kappa shape index (κ3) is 5.99. The van der Waals surface area contributed by atoms with Crippen molar-refractivity contribution in [1.82, 2.24) is 5.32 Å². The average molecular weight is 347 g/mol. The maximum Gasteiger partial charge on any atom is 0.471 e. The molecule has 7 heteroatoms. The van der Waals surface area contributed by atoms with Gasteiger partial charge in [-0.15, -0.1) is 0 Å². The number of hydrogen-bond acceptors (Lipinski definition) is 2. The largest absolute Gasteiger partial charge is 0.471 e. The first kappa shape index (κ1) is 19.7. The lowest BCUT2D eigenvalue weighted by molar-refractivity contribution is -0.173. The summed E-state index contributed by atoms with van der Waals surface area (Å²) in [6.45, 7) is 11.5. The van der Waals surface area contributed by atoms with Crippen LogP contribution in [-0.2, 0) is 9.22 Å². The summed E-state index contributed by atoms with van der Waals surface area (Å²) in [5.41, 5.74) is 3.83. The molecule has 1 amide bonds. The van der Waals surface area contributed by atoms with E-state index in [4.69, 9.17) is 4.43 Å². The summed E-state index contributed by atoms with van der Waals surface area (Å²) in [4.78, 5) is 11.1. The molecule has 0 saturated carbocycles. The van der Waals surface area contributed by atoms with E-state index in [-0.39, 0.29) is 6.54 Å². The molecule has 0 aliphatic heterocycles. The lowest BCUT2D eigenvalue weighted by atomic mass is 9.95. The molecular weight excluding hydrogens is 323 g/mol. The Bertz CT molecular complexity index is 557. The standard InChI is InChI=1S/C16H24F3NO2Si/c1-10-7-11(2)14(12(3)8-10)13(22-23(4,5)6)9-20-15(21)16(17,18)19/h7-8,13H,9H2,1-6H3,(H,20,21)/t13-/m0/s1. The molecule has 0 saturated heterocycles. The molecule has 0 aliphatic carbocycles. The second-order valence-electron chi connectivity index (χ2n) is 6.74. The lowest BCUT2D eigenvalue weighted by Crippen LogP contribution is -2.41. The summed E-state index contributed by atoms with van der Waals surface area (Å²) >= 11 is 0. The highest BCUT2D eigenvalue weighted by atomic mass is 28.4. The van der Waals surface area contributed by atoms with E-state index in [0.717, 1.165) is 22.3 Å². The van der Waals surface area contributed by atoms with E-state index in [1.807, 2.05) is 57.9 Å². The Morgan fingerprint density at radius 1 is 1.17 bits per heavy atom. The van der Waals surface area contributed by atoms with Crippen molar-refractivity contribution in [3.8, 4) is 0 Å². The van der Waals surface area contributed by atoms with Gasteiger partial charge in [-0.2, -0.15) is 13.2 Å². The number of carbonyl (C=O) groups is 1. The molecule has 0 fully saturated rings. The van der Waals surface area contributed by atoms with Gasteiger partial charge in [0.15, 0.2) is 8.32 Å². The van der Waals surface area contributed by atoms with Gasteiger partial charge in [0.1, 0.15) is 0 Å². The minimum atomic E-state index is -4.89. The van der Waals surface area contributed by atoms with Gasteiger partial charge in [-0.05, 0) is 57.1 Å². The molecule has 1 aromatic carbocycles. The molecule has 1 N–H and O–H groups in total. The molecule has 0 aliphatic rings. The third-order valence-electron chi connectivity index (χ3n) is 3.26. The predicted octanol–water partition coefficient (Wildman–Crippen LogP) is 4.18. The normalized spacial score (nSPS) is 13.8. The predicted molar refractivity (Wildman–Crippen MR) is 86.9 cm³/mol. The highest BCUT2D eigenvalue weighted by molar-refractivity contribution is 6.69. The molecule has 0 radical (unpaired) electrons. The summed E-state index contributed by atoms with van der Waals surface area (Å²) in [6, 6.07) is 3.93. The van der Waals surface area contributed by atoms with Gasteiger partial charge in [0, 0.05) is 6.54 Å². The topological polar surface area (TPSA) is 38.3 Å². The first-order valence-electron chi connectivity index (χ1n) is 7.42. The molecule has 1 rings (SSSR count). The van der Waals surface area contributed by atoms with Crippen LogP contribution in [0.2, 0.25) is 19.6 Å². The maximum atomic E-state index is 12.4. The zero-order chi connectivity index (χ0) is 18.0. The minimum absolute atomic E-state index is 0.201. The molecule has 0 heterocycles. The van der Waals surface area contributed by atoms with E-state index in [9.17, 15) is 18.0 Å². The van der Waals surface area contributed by atoms with Crippen molar-refractivity contribution < 1.29 is 22.4 Å². The molecule has 0 spiro atoms. The zero-order valence-corrected chi connectivity index (χ0v) is 15.4. The van der Waals surface area contributed by atoms with Crippen molar-refractivity contribution in [1.29, 1.82) is 0 Å². The summed E-state index contributed by atoms with van der Waals surface area (Å²) in [6.07, 6.45) is -5.48. The number of amides is 1. The number of rotatable bonds is 5. The molecule has 0 unspecified atom stereocenters. The van der Waals surface area contributed by atoms with Gasteiger partial charge in [0.2, 0.25) is 0 Å². The quantitative estimate of drug-likeness (QED) is 0.812. The number of aryl methyl sites for hydroxylation is 3. The van der Waals surface area contributed by atoms with Crippen LogP contribution in [0.1, 0.15) is 28.4 Å². The molecule has 0 bridgehead atoms. The number of alkyl halides is 3. The first-order chi connectivity index (χ1) is 10.3. The van der Waals surface area contributed by atoms with Crippen molar-refractivity contribution in [2.24, 2.45) is 0 Å². The van der Waals surface area contributed by atoms with Crippen molar-refractivity contribution in [3.05, 3.63) is 34.4 Å². The van der Waals surface area contributed by atoms with Gasteiger partial charge < -0.3 is 9.74 Å². The van der Waals surface area contributed by atoms with Crippen LogP contribution in [0.15, 0.2) is 12.1 Å². The Morgan fingerprint density at radius 2 is 1.65 bits per heavy atom. The van der Waals surface area contributed by atoms with E-state index in [1.165, 1.54) is 0 Å². The van der Waals surface area contributed by atoms with Gasteiger partial charge in [-0.1, -0.05) is 17.7 Å². The average Bonchev–Trinajstić information content (AvgIpc) is 2.30. The summed E-state index contributed by atoms with van der Waals surface area (Å²) in [5, 5.41) is 1.95. The second-order valence-corrected chi connectivity index (χ2v) is 11.2. The number of hydrogen-bond donors (Lipinski definition) is 1. The van der Waals surface area contributed by atoms with Crippen LogP contribution in [0.25, 0.3) is 0 Å². The van der Waals surface area contributed by atoms with Crippen molar-refractivity contribution in [2.45, 2.75) is 52.7 Å². The molecule has 130 valence electrons. The molecular formula is C16H24F3NO2Si. The Balaban J connectivity index is 3.10. The molecule has 1 aromatic rings. The number of benzene rings is 1. The molecule has 23 heavy (non-hydrogen) atoms. The van der Waals surface area contributed by atoms with E-state index in [1.54, 1.807) is 0 Å². The van der Waals surface area contributed by atoms with Gasteiger partial charge in [-0.3, -0.25) is 4.79 Å². The summed E-state index contributed by atoms with van der Waals surface area (Å²) in [7, 11) is -2.01. The van der Waals surface area contributed by atoms with Crippen LogP contribution in [-0.4, -0.2) is 26.9 Å². The van der Waals surface area contributed by atoms with Crippen molar-refractivity contribution >= 4 is 14.2 Å².